The van der Waals surface area contributed by atoms with Crippen LogP contribution in [0.3, 0.4) is 0 Å². The van der Waals surface area contributed by atoms with Crippen LogP contribution in [-0.4, -0.2) is 31.7 Å². The molecule has 0 spiro atoms. The first kappa shape index (κ1) is 16.1. The summed E-state index contributed by atoms with van der Waals surface area (Å²) in [5.41, 5.74) is 3.43. The molecule has 2 heterocycles. The molecule has 0 radical (unpaired) electrons. The zero-order valence-corrected chi connectivity index (χ0v) is 15.3. The second-order valence-electron chi connectivity index (χ2n) is 7.91. The lowest BCUT2D eigenvalue weighted by Gasteiger charge is -2.37. The van der Waals surface area contributed by atoms with E-state index < -0.39 is 0 Å². The highest BCUT2D eigenvalue weighted by molar-refractivity contribution is 5.78. The smallest absolute Gasteiger partial charge is 0.157 e. The van der Waals surface area contributed by atoms with Gasteiger partial charge in [0.1, 0.15) is 0 Å². The quantitative estimate of drug-likeness (QED) is 0.825. The Bertz CT molecular complexity index is 708. The fourth-order valence-electron chi connectivity index (χ4n) is 4.50. The molecule has 0 bridgehead atoms. The molecular formula is C20H30N4. The number of fused-ring (bicyclic) bond motifs is 1. The average molecular weight is 326 g/mol. The molecule has 0 unspecified atom stereocenters. The molecule has 4 rings (SSSR count). The van der Waals surface area contributed by atoms with Crippen LogP contribution in [0.2, 0.25) is 0 Å². The third kappa shape index (κ3) is 3.08. The van der Waals surface area contributed by atoms with E-state index in [-0.39, 0.29) is 0 Å². The minimum Gasteiger partial charge on any atom is -0.293 e. The van der Waals surface area contributed by atoms with Crippen molar-refractivity contribution in [1.82, 2.24) is 19.7 Å². The van der Waals surface area contributed by atoms with E-state index in [0.717, 1.165) is 35.9 Å². The normalized spacial score (nSPS) is 24.8. The van der Waals surface area contributed by atoms with E-state index in [2.05, 4.69) is 41.1 Å². The maximum absolute atomic E-state index is 4.68. The lowest BCUT2D eigenvalue weighted by atomic mass is 9.83. The van der Waals surface area contributed by atoms with Crippen LogP contribution >= 0.6 is 0 Å². The van der Waals surface area contributed by atoms with Crippen LogP contribution in [0.1, 0.15) is 63.1 Å². The Balaban J connectivity index is 1.52. The standard InChI is InChI=1S/C20H30N4/c1-4-15-5-7-17(8-6-15)24(18-9-10-18)13-16-11-19-14(2)22-23(3)20(19)21-12-16/h11-12,15,17-18H,4-10,13H2,1-3H3. The van der Waals surface area contributed by atoms with Crippen molar-refractivity contribution in [3.05, 3.63) is 23.5 Å². The Labute approximate surface area is 145 Å². The number of aryl methyl sites for hydroxylation is 2. The molecule has 0 N–H and O–H groups in total. The third-order valence-corrected chi connectivity index (χ3v) is 6.16. The monoisotopic (exact) mass is 326 g/mol. The lowest BCUT2D eigenvalue weighted by molar-refractivity contribution is 0.120. The fourth-order valence-corrected chi connectivity index (χ4v) is 4.50. The van der Waals surface area contributed by atoms with Gasteiger partial charge in [0.25, 0.3) is 0 Å². The first-order valence-corrected chi connectivity index (χ1v) is 9.69. The van der Waals surface area contributed by atoms with Crippen molar-refractivity contribution in [3.63, 3.8) is 0 Å². The second kappa shape index (κ2) is 6.47. The van der Waals surface area contributed by atoms with Crippen molar-refractivity contribution in [2.75, 3.05) is 0 Å². The second-order valence-corrected chi connectivity index (χ2v) is 7.91. The van der Waals surface area contributed by atoms with Crippen molar-refractivity contribution in [1.29, 1.82) is 0 Å². The van der Waals surface area contributed by atoms with Gasteiger partial charge < -0.3 is 0 Å². The minimum atomic E-state index is 0.783. The first-order valence-electron chi connectivity index (χ1n) is 9.69. The van der Waals surface area contributed by atoms with Gasteiger partial charge in [-0.15, -0.1) is 0 Å². The van der Waals surface area contributed by atoms with Gasteiger partial charge in [-0.05, 0) is 63.0 Å². The number of hydrogen-bond donors (Lipinski definition) is 0. The highest BCUT2D eigenvalue weighted by atomic mass is 15.3. The molecule has 0 aliphatic heterocycles. The molecule has 2 fully saturated rings. The molecule has 2 aromatic rings. The minimum absolute atomic E-state index is 0.783. The number of hydrogen-bond acceptors (Lipinski definition) is 3. The summed E-state index contributed by atoms with van der Waals surface area (Å²) in [4.78, 5) is 7.47. The molecule has 4 heteroatoms. The average Bonchev–Trinajstić information content (AvgIpc) is 3.40. The van der Waals surface area contributed by atoms with E-state index in [0.29, 0.717) is 0 Å². The van der Waals surface area contributed by atoms with E-state index >= 15 is 0 Å². The summed E-state index contributed by atoms with van der Waals surface area (Å²) < 4.78 is 1.89. The van der Waals surface area contributed by atoms with Crippen LogP contribution in [-0.2, 0) is 13.6 Å². The van der Waals surface area contributed by atoms with Gasteiger partial charge in [0, 0.05) is 37.3 Å². The van der Waals surface area contributed by atoms with E-state index in [1.807, 2.05) is 11.7 Å². The van der Waals surface area contributed by atoms with Gasteiger partial charge >= 0.3 is 0 Å². The van der Waals surface area contributed by atoms with Gasteiger partial charge in [-0.3, -0.25) is 9.58 Å². The highest BCUT2D eigenvalue weighted by Gasteiger charge is 2.35. The molecule has 2 aromatic heterocycles. The largest absolute Gasteiger partial charge is 0.293 e. The van der Waals surface area contributed by atoms with Gasteiger partial charge in [-0.1, -0.05) is 13.3 Å². The summed E-state index contributed by atoms with van der Waals surface area (Å²) >= 11 is 0. The summed E-state index contributed by atoms with van der Waals surface area (Å²) in [6.45, 7) is 5.49. The van der Waals surface area contributed by atoms with Crippen LogP contribution in [0.25, 0.3) is 11.0 Å². The third-order valence-electron chi connectivity index (χ3n) is 6.16. The molecule has 2 aliphatic rings. The SMILES string of the molecule is CCC1CCC(N(Cc2cnc3c(c2)c(C)nn3C)C2CC2)CC1. The Kier molecular flexibility index (Phi) is 4.33. The molecule has 130 valence electrons. The van der Waals surface area contributed by atoms with Crippen LogP contribution in [0.5, 0.6) is 0 Å². The summed E-state index contributed by atoms with van der Waals surface area (Å²) in [6, 6.07) is 3.92. The molecule has 24 heavy (non-hydrogen) atoms. The zero-order valence-electron chi connectivity index (χ0n) is 15.3. The van der Waals surface area contributed by atoms with Crippen LogP contribution < -0.4 is 0 Å². The van der Waals surface area contributed by atoms with Crippen molar-refractivity contribution in [3.8, 4) is 0 Å². The van der Waals surface area contributed by atoms with Gasteiger partial charge in [-0.25, -0.2) is 4.98 Å². The van der Waals surface area contributed by atoms with E-state index in [1.54, 1.807) is 0 Å². The van der Waals surface area contributed by atoms with Crippen LogP contribution in [0, 0.1) is 12.8 Å². The Hall–Kier alpha value is -1.42. The van der Waals surface area contributed by atoms with Crippen molar-refractivity contribution < 1.29 is 0 Å². The predicted octanol–water partition coefficient (Wildman–Crippen LogP) is 4.21. The topological polar surface area (TPSA) is 34.0 Å². The fraction of sp³-hybridized carbons (Fsp3) is 0.700. The Morgan fingerprint density at radius 1 is 1.12 bits per heavy atom. The molecule has 4 nitrogen and oxygen atoms in total. The van der Waals surface area contributed by atoms with E-state index in [4.69, 9.17) is 0 Å². The lowest BCUT2D eigenvalue weighted by Crippen LogP contribution is -2.39. The summed E-state index contributed by atoms with van der Waals surface area (Å²) in [6.07, 6.45) is 11.8. The van der Waals surface area contributed by atoms with Gasteiger partial charge in [0.05, 0.1) is 5.69 Å². The molecule has 2 aliphatic carbocycles. The summed E-state index contributed by atoms with van der Waals surface area (Å²) in [5.74, 6) is 0.971. The first-order chi connectivity index (χ1) is 11.7. The van der Waals surface area contributed by atoms with Gasteiger partial charge in [0.2, 0.25) is 0 Å². The zero-order chi connectivity index (χ0) is 16.7. The van der Waals surface area contributed by atoms with Crippen molar-refractivity contribution in [2.45, 2.75) is 77.4 Å². The van der Waals surface area contributed by atoms with E-state index in [1.165, 1.54) is 55.9 Å². The predicted molar refractivity (Wildman–Crippen MR) is 97.8 cm³/mol. The maximum Gasteiger partial charge on any atom is 0.157 e. The molecule has 0 amide bonds. The van der Waals surface area contributed by atoms with E-state index in [9.17, 15) is 0 Å². The Morgan fingerprint density at radius 2 is 1.79 bits per heavy atom. The molecule has 0 aromatic carbocycles. The molecule has 2 saturated carbocycles. The van der Waals surface area contributed by atoms with Gasteiger partial charge in [0.15, 0.2) is 5.65 Å². The maximum atomic E-state index is 4.68. The van der Waals surface area contributed by atoms with Crippen molar-refractivity contribution in [2.24, 2.45) is 13.0 Å². The number of rotatable bonds is 5. The Morgan fingerprint density at radius 3 is 2.42 bits per heavy atom. The highest BCUT2D eigenvalue weighted by Crippen LogP contribution is 2.37. The summed E-state index contributed by atoms with van der Waals surface area (Å²) in [7, 11) is 1.98. The molecular weight excluding hydrogens is 296 g/mol. The van der Waals surface area contributed by atoms with Crippen LogP contribution in [0.15, 0.2) is 12.3 Å². The number of aromatic nitrogens is 3. The van der Waals surface area contributed by atoms with Gasteiger partial charge in [-0.2, -0.15) is 5.10 Å². The molecule has 0 atom stereocenters. The van der Waals surface area contributed by atoms with Crippen LogP contribution in [0.4, 0.5) is 0 Å². The number of pyridine rings is 1. The molecule has 0 saturated heterocycles. The number of nitrogens with zero attached hydrogens (tertiary/aromatic N) is 4. The summed E-state index contributed by atoms with van der Waals surface area (Å²) in [5, 5.41) is 5.71. The van der Waals surface area contributed by atoms with Crippen molar-refractivity contribution >= 4 is 11.0 Å².